The molecule has 0 spiro atoms. The van der Waals surface area contributed by atoms with Gasteiger partial charge in [0, 0.05) is 5.39 Å². The zero-order valence-corrected chi connectivity index (χ0v) is 17.0. The molecule has 0 saturated heterocycles. The standard InChI is InChI=1S/C21H23N3O3S/c1-13-7-9-15(10-8-13)28(25,26)24-23-18-6-4-5-16-17-11-14(2)12-19(27-3)21(17)22-20(16)18/h7-12,22,24H,4-6H2,1-3H3/b23-18-. The molecule has 1 aliphatic rings. The van der Waals surface area contributed by atoms with Crippen LogP contribution >= 0.6 is 0 Å². The van der Waals surface area contributed by atoms with Gasteiger partial charge in [-0.3, -0.25) is 0 Å². The van der Waals surface area contributed by atoms with E-state index in [4.69, 9.17) is 4.74 Å². The van der Waals surface area contributed by atoms with Crippen LogP contribution in [-0.4, -0.2) is 26.2 Å². The van der Waals surface area contributed by atoms with E-state index in [9.17, 15) is 8.42 Å². The molecule has 3 aromatic rings. The highest BCUT2D eigenvalue weighted by Crippen LogP contribution is 2.35. The van der Waals surface area contributed by atoms with Crippen LogP contribution in [0.15, 0.2) is 46.4 Å². The highest BCUT2D eigenvalue weighted by atomic mass is 32.2. The Kier molecular flexibility index (Phi) is 4.63. The maximum atomic E-state index is 12.6. The summed E-state index contributed by atoms with van der Waals surface area (Å²) in [5.74, 6) is 0.781. The number of benzene rings is 2. The molecule has 146 valence electrons. The first-order valence-electron chi connectivity index (χ1n) is 9.23. The number of methoxy groups -OCH3 is 1. The van der Waals surface area contributed by atoms with Gasteiger partial charge in [-0.1, -0.05) is 17.7 Å². The summed E-state index contributed by atoms with van der Waals surface area (Å²) in [6, 6.07) is 10.8. The van der Waals surface area contributed by atoms with Gasteiger partial charge in [0.25, 0.3) is 10.0 Å². The molecule has 28 heavy (non-hydrogen) atoms. The van der Waals surface area contributed by atoms with Crippen LogP contribution in [-0.2, 0) is 16.4 Å². The van der Waals surface area contributed by atoms with E-state index < -0.39 is 10.0 Å². The summed E-state index contributed by atoms with van der Waals surface area (Å²) in [6.45, 7) is 3.95. The summed E-state index contributed by atoms with van der Waals surface area (Å²) >= 11 is 0. The maximum absolute atomic E-state index is 12.6. The number of hydrogen-bond donors (Lipinski definition) is 2. The number of nitrogens with zero attached hydrogens (tertiary/aromatic N) is 1. The third-order valence-corrected chi connectivity index (χ3v) is 6.33. The van der Waals surface area contributed by atoms with Gasteiger partial charge in [-0.2, -0.15) is 18.4 Å². The molecule has 0 fully saturated rings. The minimum atomic E-state index is -3.70. The first-order chi connectivity index (χ1) is 13.4. The van der Waals surface area contributed by atoms with Gasteiger partial charge in [0.1, 0.15) is 5.75 Å². The van der Waals surface area contributed by atoms with Crippen molar-refractivity contribution in [3.63, 3.8) is 0 Å². The number of aromatic amines is 1. The number of nitrogens with one attached hydrogen (secondary N) is 2. The Balaban J connectivity index is 1.73. The quantitative estimate of drug-likeness (QED) is 0.657. The smallest absolute Gasteiger partial charge is 0.276 e. The third kappa shape index (κ3) is 3.26. The highest BCUT2D eigenvalue weighted by Gasteiger charge is 2.23. The zero-order chi connectivity index (χ0) is 19.9. The Morgan fingerprint density at radius 2 is 1.82 bits per heavy atom. The Hall–Kier alpha value is -2.80. The summed E-state index contributed by atoms with van der Waals surface area (Å²) < 4.78 is 30.7. The summed E-state index contributed by atoms with van der Waals surface area (Å²) in [5, 5.41) is 5.39. The zero-order valence-electron chi connectivity index (χ0n) is 16.2. The lowest BCUT2D eigenvalue weighted by atomic mass is 9.93. The van der Waals surface area contributed by atoms with E-state index in [0.29, 0.717) is 12.1 Å². The van der Waals surface area contributed by atoms with E-state index in [1.807, 2.05) is 19.9 Å². The van der Waals surface area contributed by atoms with E-state index in [-0.39, 0.29) is 4.90 Å². The van der Waals surface area contributed by atoms with Crippen molar-refractivity contribution in [3.8, 4) is 5.75 Å². The fraction of sp³-hybridized carbons (Fsp3) is 0.286. The lowest BCUT2D eigenvalue weighted by Gasteiger charge is -2.14. The molecule has 1 aromatic heterocycles. The number of H-pyrrole nitrogens is 1. The molecular formula is C21H23N3O3S. The van der Waals surface area contributed by atoms with Crippen LogP contribution in [0.25, 0.3) is 10.9 Å². The summed E-state index contributed by atoms with van der Waals surface area (Å²) in [5.41, 5.74) is 5.81. The molecule has 2 N–H and O–H groups in total. The summed E-state index contributed by atoms with van der Waals surface area (Å²) in [6.07, 6.45) is 2.55. The van der Waals surface area contributed by atoms with E-state index >= 15 is 0 Å². The molecule has 6 nitrogen and oxygen atoms in total. The molecule has 0 radical (unpaired) electrons. The minimum Gasteiger partial charge on any atom is -0.495 e. The molecular weight excluding hydrogens is 374 g/mol. The van der Waals surface area contributed by atoms with Crippen molar-refractivity contribution >= 4 is 26.6 Å². The molecule has 4 rings (SSSR count). The Bertz CT molecular complexity index is 1180. The minimum absolute atomic E-state index is 0.201. The lowest BCUT2D eigenvalue weighted by molar-refractivity contribution is 0.418. The van der Waals surface area contributed by atoms with E-state index in [2.05, 4.69) is 21.0 Å². The van der Waals surface area contributed by atoms with Gasteiger partial charge in [0.2, 0.25) is 0 Å². The van der Waals surface area contributed by atoms with Gasteiger partial charge >= 0.3 is 0 Å². The molecule has 0 unspecified atom stereocenters. The maximum Gasteiger partial charge on any atom is 0.276 e. The Morgan fingerprint density at radius 3 is 2.54 bits per heavy atom. The average molecular weight is 398 g/mol. The fourth-order valence-electron chi connectivity index (χ4n) is 3.68. The topological polar surface area (TPSA) is 83.5 Å². The molecule has 0 saturated carbocycles. The average Bonchev–Trinajstić information content (AvgIpc) is 3.05. The highest BCUT2D eigenvalue weighted by molar-refractivity contribution is 7.89. The number of fused-ring (bicyclic) bond motifs is 3. The summed E-state index contributed by atoms with van der Waals surface area (Å²) in [7, 11) is -2.05. The van der Waals surface area contributed by atoms with Crippen LogP contribution in [0.3, 0.4) is 0 Å². The first kappa shape index (κ1) is 18.6. The second-order valence-corrected chi connectivity index (χ2v) is 8.85. The van der Waals surface area contributed by atoms with E-state index in [1.54, 1.807) is 31.4 Å². The Labute approximate surface area is 164 Å². The van der Waals surface area contributed by atoms with Crippen molar-refractivity contribution in [2.75, 3.05) is 7.11 Å². The lowest BCUT2D eigenvalue weighted by Crippen LogP contribution is -2.22. The number of ether oxygens (including phenoxy) is 1. The largest absolute Gasteiger partial charge is 0.495 e. The predicted molar refractivity (Wildman–Crippen MR) is 111 cm³/mol. The summed E-state index contributed by atoms with van der Waals surface area (Å²) in [4.78, 5) is 6.01. The van der Waals surface area contributed by atoms with Gasteiger partial charge in [-0.25, -0.2) is 0 Å². The van der Waals surface area contributed by atoms with Crippen molar-refractivity contribution in [3.05, 3.63) is 58.8 Å². The van der Waals surface area contributed by atoms with Crippen molar-refractivity contribution in [2.24, 2.45) is 5.10 Å². The second kappa shape index (κ2) is 6.98. The first-order valence-corrected chi connectivity index (χ1v) is 10.7. The van der Waals surface area contributed by atoms with Gasteiger partial charge in [0.15, 0.2) is 0 Å². The number of hydrazone groups is 1. The number of aryl methyl sites for hydroxylation is 3. The molecule has 0 amide bonds. The van der Waals surface area contributed by atoms with Crippen LogP contribution in [0, 0.1) is 13.8 Å². The molecule has 1 aliphatic carbocycles. The van der Waals surface area contributed by atoms with Crippen LogP contribution in [0.2, 0.25) is 0 Å². The van der Waals surface area contributed by atoms with Crippen molar-refractivity contribution in [2.45, 2.75) is 38.0 Å². The molecule has 0 aliphatic heterocycles. The molecule has 0 bridgehead atoms. The number of sulfonamides is 1. The van der Waals surface area contributed by atoms with Gasteiger partial charge in [-0.15, -0.1) is 0 Å². The molecule has 2 aromatic carbocycles. The Morgan fingerprint density at radius 1 is 1.07 bits per heavy atom. The van der Waals surface area contributed by atoms with Gasteiger partial charge in [-0.05, 0) is 68.5 Å². The molecule has 1 heterocycles. The number of rotatable bonds is 4. The van der Waals surface area contributed by atoms with Crippen LogP contribution in [0.4, 0.5) is 0 Å². The fourth-order valence-corrected chi connectivity index (χ4v) is 4.51. The molecule has 0 atom stereocenters. The third-order valence-electron chi connectivity index (χ3n) is 5.10. The normalized spacial score (nSPS) is 15.6. The number of aromatic nitrogens is 1. The van der Waals surface area contributed by atoms with Crippen molar-refractivity contribution in [1.29, 1.82) is 0 Å². The van der Waals surface area contributed by atoms with Crippen LogP contribution in [0.1, 0.15) is 35.2 Å². The van der Waals surface area contributed by atoms with Gasteiger partial charge in [0.05, 0.1) is 28.9 Å². The number of hydrogen-bond acceptors (Lipinski definition) is 4. The van der Waals surface area contributed by atoms with E-state index in [0.717, 1.165) is 51.9 Å². The van der Waals surface area contributed by atoms with Crippen molar-refractivity contribution < 1.29 is 13.2 Å². The van der Waals surface area contributed by atoms with Crippen LogP contribution in [0.5, 0.6) is 5.75 Å². The second-order valence-electron chi connectivity index (χ2n) is 7.19. The predicted octanol–water partition coefficient (Wildman–Crippen LogP) is 3.81. The van der Waals surface area contributed by atoms with E-state index in [1.165, 1.54) is 0 Å². The van der Waals surface area contributed by atoms with Crippen molar-refractivity contribution in [1.82, 2.24) is 9.82 Å². The SMILES string of the molecule is COc1cc(C)cc2c3c([nH]c12)/C(=N\NS(=O)(=O)c1ccc(C)cc1)CCC3. The monoisotopic (exact) mass is 397 g/mol. The van der Waals surface area contributed by atoms with Crippen LogP contribution < -0.4 is 9.57 Å². The molecule has 7 heteroatoms. The van der Waals surface area contributed by atoms with Gasteiger partial charge < -0.3 is 9.72 Å².